The van der Waals surface area contributed by atoms with Crippen molar-refractivity contribution in [3.63, 3.8) is 0 Å². The molecule has 0 saturated carbocycles. The SMILES string of the molecule is C[C@@H](c1ccccc1)N(Cc1ccccc1)[C@@H](c1ccccc1)[C@@H](C(=O)OC(C)(C)C)[C@H](CC(=O)N1C(=O)OC[C@@H]1c1ccccc1)c1ccccc1. The summed E-state index contributed by atoms with van der Waals surface area (Å²) in [5.74, 6) is -2.40. The van der Waals surface area contributed by atoms with Gasteiger partial charge in [0.25, 0.3) is 0 Å². The van der Waals surface area contributed by atoms with Crippen molar-refractivity contribution in [1.29, 1.82) is 0 Å². The maximum Gasteiger partial charge on any atom is 0.417 e. The minimum atomic E-state index is -0.883. The van der Waals surface area contributed by atoms with Crippen LogP contribution in [-0.4, -0.2) is 40.0 Å². The first-order valence-electron chi connectivity index (χ1n) is 18.3. The summed E-state index contributed by atoms with van der Waals surface area (Å²) in [5, 5.41) is 0. The van der Waals surface area contributed by atoms with E-state index in [-0.39, 0.29) is 19.1 Å². The van der Waals surface area contributed by atoms with Gasteiger partial charge < -0.3 is 9.47 Å². The molecule has 5 aromatic carbocycles. The first-order chi connectivity index (χ1) is 25.6. The summed E-state index contributed by atoms with van der Waals surface area (Å²) in [7, 11) is 0. The highest BCUT2D eigenvalue weighted by molar-refractivity contribution is 5.94. The highest BCUT2D eigenvalue weighted by atomic mass is 16.6. The number of nitrogens with zero attached hydrogens (tertiary/aromatic N) is 2. The van der Waals surface area contributed by atoms with E-state index in [4.69, 9.17) is 9.47 Å². The van der Waals surface area contributed by atoms with Gasteiger partial charge in [-0.2, -0.15) is 0 Å². The Balaban J connectivity index is 1.53. The summed E-state index contributed by atoms with van der Waals surface area (Å²) < 4.78 is 11.8. The van der Waals surface area contributed by atoms with Crippen LogP contribution in [0.5, 0.6) is 0 Å². The highest BCUT2D eigenvalue weighted by Crippen LogP contribution is 2.46. The van der Waals surface area contributed by atoms with Crippen LogP contribution in [-0.2, 0) is 25.6 Å². The lowest BCUT2D eigenvalue weighted by molar-refractivity contribution is -0.165. The van der Waals surface area contributed by atoms with E-state index in [0.717, 1.165) is 27.8 Å². The lowest BCUT2D eigenvalue weighted by Gasteiger charge is -2.43. The van der Waals surface area contributed by atoms with Crippen LogP contribution in [0, 0.1) is 5.92 Å². The molecule has 0 unspecified atom stereocenters. The van der Waals surface area contributed by atoms with Gasteiger partial charge in [0.1, 0.15) is 18.2 Å². The zero-order valence-corrected chi connectivity index (χ0v) is 30.9. The fourth-order valence-corrected chi connectivity index (χ4v) is 7.39. The van der Waals surface area contributed by atoms with Crippen molar-refractivity contribution in [2.45, 2.75) is 70.3 Å². The van der Waals surface area contributed by atoms with Crippen LogP contribution in [0.1, 0.15) is 86.0 Å². The molecule has 5 atom stereocenters. The van der Waals surface area contributed by atoms with Crippen LogP contribution in [0.2, 0.25) is 0 Å². The van der Waals surface area contributed by atoms with Crippen molar-refractivity contribution >= 4 is 18.0 Å². The maximum atomic E-state index is 15.1. The van der Waals surface area contributed by atoms with E-state index in [0.29, 0.717) is 6.54 Å². The maximum absolute atomic E-state index is 15.1. The number of ether oxygens (including phenoxy) is 2. The molecule has 1 heterocycles. The Kier molecular flexibility index (Phi) is 11.9. The van der Waals surface area contributed by atoms with Gasteiger partial charge in [-0.3, -0.25) is 14.5 Å². The number of esters is 1. The van der Waals surface area contributed by atoms with E-state index < -0.39 is 47.5 Å². The Morgan fingerprint density at radius 1 is 0.736 bits per heavy atom. The number of hydrogen-bond acceptors (Lipinski definition) is 6. The van der Waals surface area contributed by atoms with Crippen molar-refractivity contribution in [3.8, 4) is 0 Å². The predicted octanol–water partition coefficient (Wildman–Crippen LogP) is 9.84. The van der Waals surface area contributed by atoms with Crippen molar-refractivity contribution < 1.29 is 23.9 Å². The molecule has 53 heavy (non-hydrogen) atoms. The molecule has 0 aromatic heterocycles. The van der Waals surface area contributed by atoms with Crippen LogP contribution >= 0.6 is 0 Å². The second-order valence-corrected chi connectivity index (χ2v) is 14.6. The van der Waals surface area contributed by atoms with Crippen molar-refractivity contribution in [1.82, 2.24) is 9.80 Å². The van der Waals surface area contributed by atoms with Crippen molar-refractivity contribution in [2.75, 3.05) is 6.61 Å². The van der Waals surface area contributed by atoms with Crippen molar-refractivity contribution in [2.24, 2.45) is 5.92 Å². The molecule has 0 bridgehead atoms. The molecule has 0 spiro atoms. The quantitative estimate of drug-likeness (QED) is 0.113. The average molecular weight is 709 g/mol. The summed E-state index contributed by atoms with van der Waals surface area (Å²) in [6.07, 6.45) is -0.818. The van der Waals surface area contributed by atoms with Crippen LogP contribution in [0.25, 0.3) is 0 Å². The van der Waals surface area contributed by atoms with E-state index in [1.807, 2.05) is 148 Å². The summed E-state index contributed by atoms with van der Waals surface area (Å²) in [4.78, 5) is 46.6. The van der Waals surface area contributed by atoms with Gasteiger partial charge >= 0.3 is 12.1 Å². The Labute approximate surface area is 313 Å². The van der Waals surface area contributed by atoms with E-state index in [1.165, 1.54) is 4.90 Å². The number of imide groups is 1. The monoisotopic (exact) mass is 708 g/mol. The molecule has 5 aromatic rings. The lowest BCUT2D eigenvalue weighted by atomic mass is 9.75. The molecule has 0 N–H and O–H groups in total. The second-order valence-electron chi connectivity index (χ2n) is 14.6. The van der Waals surface area contributed by atoms with E-state index >= 15 is 4.79 Å². The minimum Gasteiger partial charge on any atom is -0.460 e. The lowest BCUT2D eigenvalue weighted by Crippen LogP contribution is -2.44. The normalized spacial score (nSPS) is 16.7. The van der Waals surface area contributed by atoms with Gasteiger partial charge in [-0.05, 0) is 55.5 Å². The Hall–Kier alpha value is -5.53. The number of carbonyl (C=O) groups excluding carboxylic acids is 3. The van der Waals surface area contributed by atoms with E-state index in [9.17, 15) is 9.59 Å². The van der Waals surface area contributed by atoms with Gasteiger partial charge in [-0.1, -0.05) is 152 Å². The molecule has 1 aliphatic rings. The van der Waals surface area contributed by atoms with Gasteiger partial charge in [-0.15, -0.1) is 0 Å². The molecule has 1 saturated heterocycles. The molecule has 1 aliphatic heterocycles. The molecule has 272 valence electrons. The fraction of sp³-hybridized carbons (Fsp3) is 0.283. The molecule has 0 radical (unpaired) electrons. The summed E-state index contributed by atoms with van der Waals surface area (Å²) in [6.45, 7) is 8.32. The van der Waals surface area contributed by atoms with Gasteiger partial charge in [-0.25, -0.2) is 9.69 Å². The van der Waals surface area contributed by atoms with E-state index in [1.54, 1.807) is 0 Å². The van der Waals surface area contributed by atoms with Gasteiger partial charge in [0.15, 0.2) is 0 Å². The second kappa shape index (κ2) is 16.9. The molecular weight excluding hydrogens is 661 g/mol. The summed E-state index contributed by atoms with van der Waals surface area (Å²) >= 11 is 0. The van der Waals surface area contributed by atoms with Crippen LogP contribution < -0.4 is 0 Å². The standard InChI is InChI=1S/C46H48N2O5/c1-33(35-22-12-6-13-23-35)47(31-34-20-10-5-11-21-34)43(38-28-18-9-19-29-38)42(44(50)53-46(2,3)4)39(36-24-14-7-15-25-36)30-41(49)48-40(32-52-45(48)51)37-26-16-8-17-27-37/h5-29,33,39-40,42-43H,30-32H2,1-4H3/t33-,39+,40+,42-,43-/m0/s1. The highest BCUT2D eigenvalue weighted by Gasteiger charge is 2.47. The van der Waals surface area contributed by atoms with Crippen LogP contribution in [0.4, 0.5) is 4.79 Å². The molecule has 6 rings (SSSR count). The third-order valence-electron chi connectivity index (χ3n) is 9.89. The summed E-state index contributed by atoms with van der Waals surface area (Å²) in [6, 6.07) is 48.3. The summed E-state index contributed by atoms with van der Waals surface area (Å²) in [5.41, 5.74) is 3.88. The molecule has 7 heteroatoms. The first kappa shape index (κ1) is 37.2. The third kappa shape index (κ3) is 9.10. The zero-order chi connectivity index (χ0) is 37.4. The Morgan fingerprint density at radius 2 is 1.23 bits per heavy atom. The fourth-order valence-electron chi connectivity index (χ4n) is 7.39. The molecule has 0 aliphatic carbocycles. The molecule has 1 fully saturated rings. The topological polar surface area (TPSA) is 76.2 Å². The predicted molar refractivity (Wildman–Crippen MR) is 207 cm³/mol. The first-order valence-corrected chi connectivity index (χ1v) is 18.3. The van der Waals surface area contributed by atoms with Gasteiger partial charge in [0.2, 0.25) is 5.91 Å². The Morgan fingerprint density at radius 3 is 1.77 bits per heavy atom. The minimum absolute atomic E-state index is 0.0617. The van der Waals surface area contributed by atoms with Gasteiger partial charge in [0, 0.05) is 31.0 Å². The zero-order valence-electron chi connectivity index (χ0n) is 30.9. The number of amides is 2. The smallest absolute Gasteiger partial charge is 0.417 e. The molecular formula is C46H48N2O5. The number of cyclic esters (lactones) is 1. The number of carbonyl (C=O) groups is 3. The number of hydrogen-bond donors (Lipinski definition) is 0. The van der Waals surface area contributed by atoms with E-state index in [2.05, 4.69) is 36.1 Å². The van der Waals surface area contributed by atoms with Crippen molar-refractivity contribution in [3.05, 3.63) is 179 Å². The van der Waals surface area contributed by atoms with Crippen LogP contribution in [0.3, 0.4) is 0 Å². The molecule has 2 amide bonds. The Bertz CT molecular complexity index is 1930. The number of rotatable bonds is 13. The average Bonchev–Trinajstić information content (AvgIpc) is 3.57. The van der Waals surface area contributed by atoms with Crippen LogP contribution in [0.15, 0.2) is 152 Å². The largest absolute Gasteiger partial charge is 0.460 e. The van der Waals surface area contributed by atoms with Gasteiger partial charge in [0.05, 0.1) is 5.92 Å². The number of benzene rings is 5. The molecule has 7 nitrogen and oxygen atoms in total. The third-order valence-corrected chi connectivity index (χ3v) is 9.89.